The van der Waals surface area contributed by atoms with Gasteiger partial charge in [-0.2, -0.15) is 0 Å². The van der Waals surface area contributed by atoms with E-state index in [0.717, 1.165) is 12.8 Å². The van der Waals surface area contributed by atoms with Crippen molar-refractivity contribution in [1.82, 2.24) is 5.32 Å². The average molecular weight is 209 g/mol. The first-order valence-corrected chi connectivity index (χ1v) is 6.18. The van der Waals surface area contributed by atoms with Crippen molar-refractivity contribution >= 4 is 0 Å². The Hall–Kier alpha value is -0.720. The fourth-order valence-electron chi connectivity index (χ4n) is 2.22. The second-order valence-corrected chi connectivity index (χ2v) is 4.07. The third-order valence-electron chi connectivity index (χ3n) is 3.05. The van der Waals surface area contributed by atoms with Crippen LogP contribution in [0.1, 0.15) is 60.3 Å². The Morgan fingerprint density at radius 2 is 1.60 bits per heavy atom. The summed E-state index contributed by atoms with van der Waals surface area (Å²) >= 11 is 0. The summed E-state index contributed by atoms with van der Waals surface area (Å²) in [5.41, 5.74) is 5.93. The molecule has 0 aromatic carbocycles. The summed E-state index contributed by atoms with van der Waals surface area (Å²) in [7, 11) is 2.02. The Kier molecular flexibility index (Phi) is 7.19. The van der Waals surface area contributed by atoms with Crippen molar-refractivity contribution < 1.29 is 0 Å². The summed E-state index contributed by atoms with van der Waals surface area (Å²) in [6.45, 7) is 11.2. The van der Waals surface area contributed by atoms with Gasteiger partial charge in [0.05, 0.1) is 0 Å². The molecule has 0 aliphatic heterocycles. The highest BCUT2D eigenvalue weighted by Crippen LogP contribution is 2.23. The van der Waals surface area contributed by atoms with Crippen molar-refractivity contribution in [2.75, 3.05) is 7.05 Å². The summed E-state index contributed by atoms with van der Waals surface area (Å²) in [5.74, 6) is 0. The Morgan fingerprint density at radius 1 is 1.00 bits per heavy atom. The highest BCUT2D eigenvalue weighted by atomic mass is 14.8. The lowest BCUT2D eigenvalue weighted by Gasteiger charge is -2.15. The van der Waals surface area contributed by atoms with Gasteiger partial charge < -0.3 is 5.32 Å². The van der Waals surface area contributed by atoms with Gasteiger partial charge in [0.15, 0.2) is 0 Å². The molecule has 0 saturated carbocycles. The standard InChI is InChI=1S/C14H27N/c1-7-10-11(4)13(8-2)12(5)14(9-3)15-6/h15H,7-10H2,1-6H3/b13-11+,14-12+. The molecule has 0 aliphatic carbocycles. The van der Waals surface area contributed by atoms with E-state index >= 15 is 0 Å². The maximum Gasteiger partial charge on any atom is 0.0134 e. The molecule has 88 valence electrons. The third kappa shape index (κ3) is 4.11. The van der Waals surface area contributed by atoms with Crippen LogP contribution in [0.15, 0.2) is 22.4 Å². The van der Waals surface area contributed by atoms with Crippen LogP contribution in [0.25, 0.3) is 0 Å². The van der Waals surface area contributed by atoms with E-state index in [4.69, 9.17) is 0 Å². The van der Waals surface area contributed by atoms with Crippen LogP contribution in [0.4, 0.5) is 0 Å². The Bertz CT molecular complexity index is 240. The van der Waals surface area contributed by atoms with Crippen molar-refractivity contribution in [2.45, 2.75) is 60.3 Å². The van der Waals surface area contributed by atoms with Gasteiger partial charge in [0, 0.05) is 12.7 Å². The number of hydrogen-bond donors (Lipinski definition) is 1. The van der Waals surface area contributed by atoms with Crippen molar-refractivity contribution in [3.05, 3.63) is 22.4 Å². The highest BCUT2D eigenvalue weighted by molar-refractivity contribution is 5.36. The van der Waals surface area contributed by atoms with E-state index in [1.54, 1.807) is 11.1 Å². The molecule has 0 aromatic rings. The van der Waals surface area contributed by atoms with Gasteiger partial charge in [-0.3, -0.25) is 0 Å². The molecule has 0 heterocycles. The molecule has 0 atom stereocenters. The SMILES string of the molecule is CCC/C(C)=C(CC)/C(C)=C(\CC)NC. The smallest absolute Gasteiger partial charge is 0.0134 e. The van der Waals surface area contributed by atoms with Crippen LogP contribution in [0, 0.1) is 0 Å². The van der Waals surface area contributed by atoms with E-state index in [-0.39, 0.29) is 0 Å². The fourth-order valence-corrected chi connectivity index (χ4v) is 2.22. The molecule has 0 saturated heterocycles. The van der Waals surface area contributed by atoms with Gasteiger partial charge in [0.1, 0.15) is 0 Å². The van der Waals surface area contributed by atoms with Crippen LogP contribution in [0.2, 0.25) is 0 Å². The van der Waals surface area contributed by atoms with E-state index in [1.165, 1.54) is 24.1 Å². The fraction of sp³-hybridized carbons (Fsp3) is 0.714. The van der Waals surface area contributed by atoms with Crippen LogP contribution in [-0.2, 0) is 0 Å². The van der Waals surface area contributed by atoms with Gasteiger partial charge in [-0.1, -0.05) is 32.8 Å². The Labute approximate surface area is 95.7 Å². The molecule has 0 bridgehead atoms. The first kappa shape index (κ1) is 14.3. The molecule has 0 aromatic heterocycles. The van der Waals surface area contributed by atoms with Gasteiger partial charge >= 0.3 is 0 Å². The molecule has 1 N–H and O–H groups in total. The molecule has 1 nitrogen and oxygen atoms in total. The second-order valence-electron chi connectivity index (χ2n) is 4.07. The van der Waals surface area contributed by atoms with Gasteiger partial charge in [0.25, 0.3) is 0 Å². The second kappa shape index (κ2) is 7.56. The monoisotopic (exact) mass is 209 g/mol. The third-order valence-corrected chi connectivity index (χ3v) is 3.05. The van der Waals surface area contributed by atoms with Crippen LogP contribution >= 0.6 is 0 Å². The predicted molar refractivity (Wildman–Crippen MR) is 69.9 cm³/mol. The minimum Gasteiger partial charge on any atom is -0.391 e. The minimum atomic E-state index is 1.09. The lowest BCUT2D eigenvalue weighted by molar-refractivity contribution is 0.845. The van der Waals surface area contributed by atoms with E-state index in [2.05, 4.69) is 39.9 Å². The van der Waals surface area contributed by atoms with E-state index in [1.807, 2.05) is 7.05 Å². The first-order valence-electron chi connectivity index (χ1n) is 6.18. The van der Waals surface area contributed by atoms with Crippen LogP contribution in [-0.4, -0.2) is 7.05 Å². The zero-order valence-electron chi connectivity index (χ0n) is 11.3. The van der Waals surface area contributed by atoms with E-state index in [0.29, 0.717) is 0 Å². The van der Waals surface area contributed by atoms with Crippen molar-refractivity contribution in [3.63, 3.8) is 0 Å². The van der Waals surface area contributed by atoms with Crippen molar-refractivity contribution in [3.8, 4) is 0 Å². The number of hydrogen-bond acceptors (Lipinski definition) is 1. The largest absolute Gasteiger partial charge is 0.391 e. The highest BCUT2D eigenvalue weighted by Gasteiger charge is 2.06. The van der Waals surface area contributed by atoms with E-state index in [9.17, 15) is 0 Å². The molecule has 0 amide bonds. The lowest BCUT2D eigenvalue weighted by Crippen LogP contribution is -2.09. The Morgan fingerprint density at radius 3 is 1.93 bits per heavy atom. The molecule has 0 spiro atoms. The van der Waals surface area contributed by atoms with Crippen molar-refractivity contribution in [1.29, 1.82) is 0 Å². The molecular weight excluding hydrogens is 182 g/mol. The molecule has 0 radical (unpaired) electrons. The van der Waals surface area contributed by atoms with Gasteiger partial charge in [-0.05, 0) is 44.3 Å². The van der Waals surface area contributed by atoms with Gasteiger partial charge in [-0.15, -0.1) is 0 Å². The number of rotatable bonds is 6. The number of allylic oxidation sites excluding steroid dienone is 4. The van der Waals surface area contributed by atoms with Crippen molar-refractivity contribution in [2.24, 2.45) is 0 Å². The Balaban J connectivity index is 5.12. The average Bonchev–Trinajstić information content (AvgIpc) is 2.21. The van der Waals surface area contributed by atoms with Crippen LogP contribution < -0.4 is 5.32 Å². The first-order chi connectivity index (χ1) is 7.12. The minimum absolute atomic E-state index is 1.09. The van der Waals surface area contributed by atoms with Gasteiger partial charge in [0.2, 0.25) is 0 Å². The molecule has 0 fully saturated rings. The zero-order valence-corrected chi connectivity index (χ0v) is 11.3. The maximum atomic E-state index is 3.31. The lowest BCUT2D eigenvalue weighted by atomic mass is 9.95. The van der Waals surface area contributed by atoms with E-state index < -0.39 is 0 Å². The predicted octanol–water partition coefficient (Wildman–Crippen LogP) is 4.42. The molecule has 1 heteroatoms. The topological polar surface area (TPSA) is 12.0 Å². The normalized spacial score (nSPS) is 14.5. The van der Waals surface area contributed by atoms with Crippen LogP contribution in [0.5, 0.6) is 0 Å². The molecule has 15 heavy (non-hydrogen) atoms. The summed E-state index contributed by atoms with van der Waals surface area (Å²) in [5, 5.41) is 3.31. The maximum absolute atomic E-state index is 3.31. The summed E-state index contributed by atoms with van der Waals surface area (Å²) in [6, 6.07) is 0. The summed E-state index contributed by atoms with van der Waals surface area (Å²) < 4.78 is 0. The van der Waals surface area contributed by atoms with Crippen LogP contribution in [0.3, 0.4) is 0 Å². The molecule has 0 aliphatic rings. The number of nitrogens with one attached hydrogen (secondary N) is 1. The quantitative estimate of drug-likeness (QED) is 0.639. The molecular formula is C14H27N. The zero-order chi connectivity index (χ0) is 11.8. The molecule has 0 rings (SSSR count). The van der Waals surface area contributed by atoms with Gasteiger partial charge in [-0.25, -0.2) is 0 Å². The summed E-state index contributed by atoms with van der Waals surface area (Å²) in [4.78, 5) is 0. The molecule has 0 unspecified atom stereocenters. The summed E-state index contributed by atoms with van der Waals surface area (Å²) in [6.07, 6.45) is 4.69.